The van der Waals surface area contributed by atoms with Crippen molar-refractivity contribution < 1.29 is 4.79 Å². The molecule has 9 heteroatoms. The number of ketones is 1. The highest BCUT2D eigenvalue weighted by molar-refractivity contribution is 9.10. The van der Waals surface area contributed by atoms with Gasteiger partial charge in [0.05, 0.1) is 23.2 Å². The zero-order valence-corrected chi connectivity index (χ0v) is 22.3. The third-order valence-corrected chi connectivity index (χ3v) is 6.83. The predicted octanol–water partition coefficient (Wildman–Crippen LogP) is 5.36. The molecule has 0 saturated heterocycles. The van der Waals surface area contributed by atoms with Crippen LogP contribution in [0.2, 0.25) is 0 Å². The number of pyridine rings is 2. The van der Waals surface area contributed by atoms with Crippen molar-refractivity contribution in [3.8, 4) is 0 Å². The van der Waals surface area contributed by atoms with E-state index in [2.05, 4.69) is 65.6 Å². The Labute approximate surface area is 216 Å². The van der Waals surface area contributed by atoms with Gasteiger partial charge in [-0.2, -0.15) is 0 Å². The Morgan fingerprint density at radius 3 is 1.56 bits per heavy atom. The average molecular weight is 586 g/mol. The minimum Gasteiger partial charge on any atom is -0.334 e. The van der Waals surface area contributed by atoms with Crippen molar-refractivity contribution in [3.63, 3.8) is 0 Å². The third kappa shape index (κ3) is 5.52. The smallest absolute Gasteiger partial charge is 0.154 e. The maximum Gasteiger partial charge on any atom is 0.154 e. The molecule has 0 spiro atoms. The van der Waals surface area contributed by atoms with Crippen molar-refractivity contribution in [1.29, 1.82) is 0 Å². The summed E-state index contributed by atoms with van der Waals surface area (Å²) in [5.74, 6) is 1.02. The molecule has 2 unspecified atom stereocenters. The van der Waals surface area contributed by atoms with E-state index in [9.17, 15) is 4.79 Å². The van der Waals surface area contributed by atoms with Crippen molar-refractivity contribution in [2.75, 3.05) is 0 Å². The zero-order chi connectivity index (χ0) is 24.1. The molecule has 0 radical (unpaired) electrons. The molecule has 176 valence electrons. The first-order chi connectivity index (χ1) is 16.5. The Morgan fingerprint density at radius 2 is 1.21 bits per heavy atom. The molecule has 0 aliphatic rings. The molecular weight excluding hydrogens is 560 g/mol. The van der Waals surface area contributed by atoms with E-state index >= 15 is 0 Å². The Bertz CT molecular complexity index is 1140. The second-order valence-corrected chi connectivity index (χ2v) is 9.84. The van der Waals surface area contributed by atoms with E-state index in [4.69, 9.17) is 0 Å². The summed E-state index contributed by atoms with van der Waals surface area (Å²) < 4.78 is 5.84. The summed E-state index contributed by atoms with van der Waals surface area (Å²) in [4.78, 5) is 32.4. The third-order valence-electron chi connectivity index (χ3n) is 5.90. The molecular formula is C25H26Br2N6O. The number of carbonyl (C=O) groups is 1. The minimum absolute atomic E-state index is 0.0659. The molecule has 0 aromatic carbocycles. The van der Waals surface area contributed by atoms with Crippen molar-refractivity contribution in [1.82, 2.24) is 29.1 Å². The molecule has 0 aliphatic heterocycles. The first kappa shape index (κ1) is 24.5. The molecule has 4 heterocycles. The second kappa shape index (κ2) is 11.2. The van der Waals surface area contributed by atoms with Gasteiger partial charge in [-0.25, -0.2) is 9.97 Å². The van der Waals surface area contributed by atoms with Gasteiger partial charge in [0.1, 0.15) is 11.6 Å². The largest absolute Gasteiger partial charge is 0.334 e. The SMILES string of the molecule is CCc1nccn1CC(C(=O)C(Cn1ccnc1CC)c1ccc(Br)cn1)c1ccc(Br)cn1. The topological polar surface area (TPSA) is 78.5 Å². The second-order valence-electron chi connectivity index (χ2n) is 8.01. The number of carbonyl (C=O) groups excluding carboxylic acids is 1. The van der Waals surface area contributed by atoms with Gasteiger partial charge in [-0.1, -0.05) is 13.8 Å². The Kier molecular flexibility index (Phi) is 8.05. The summed E-state index contributed by atoms with van der Waals surface area (Å²) in [5, 5.41) is 0. The molecule has 0 aliphatic carbocycles. The molecule has 4 aromatic heterocycles. The molecule has 0 amide bonds. The number of nitrogens with zero attached hydrogens (tertiary/aromatic N) is 6. The lowest BCUT2D eigenvalue weighted by Gasteiger charge is -2.24. The summed E-state index contributed by atoms with van der Waals surface area (Å²) in [6, 6.07) is 7.68. The highest BCUT2D eigenvalue weighted by Crippen LogP contribution is 2.30. The lowest BCUT2D eigenvalue weighted by Crippen LogP contribution is -2.29. The van der Waals surface area contributed by atoms with Gasteiger partial charge in [0.2, 0.25) is 0 Å². The van der Waals surface area contributed by atoms with Crippen molar-refractivity contribution >= 4 is 37.6 Å². The van der Waals surface area contributed by atoms with Gasteiger partial charge in [-0.05, 0) is 56.1 Å². The van der Waals surface area contributed by atoms with Crippen molar-refractivity contribution in [2.45, 2.75) is 51.6 Å². The Hall–Kier alpha value is -2.65. The summed E-state index contributed by atoms with van der Waals surface area (Å²) in [7, 11) is 0. The van der Waals surface area contributed by atoms with Crippen LogP contribution in [0, 0.1) is 0 Å². The highest BCUT2D eigenvalue weighted by Gasteiger charge is 2.32. The van der Waals surface area contributed by atoms with Crippen LogP contribution < -0.4 is 0 Å². The number of halogens is 2. The summed E-state index contributed by atoms with van der Waals surface area (Å²) in [6.45, 7) is 5.06. The summed E-state index contributed by atoms with van der Waals surface area (Å²) in [6.07, 6.45) is 12.5. The predicted molar refractivity (Wildman–Crippen MR) is 138 cm³/mol. The van der Waals surface area contributed by atoms with Crippen LogP contribution in [-0.2, 0) is 30.7 Å². The van der Waals surface area contributed by atoms with E-state index in [1.54, 1.807) is 24.8 Å². The fourth-order valence-corrected chi connectivity index (χ4v) is 4.59. The van der Waals surface area contributed by atoms with Crippen LogP contribution in [0.5, 0.6) is 0 Å². The number of hydrogen-bond acceptors (Lipinski definition) is 5. The van der Waals surface area contributed by atoms with Gasteiger partial charge < -0.3 is 9.13 Å². The first-order valence-corrected chi connectivity index (χ1v) is 12.8. The lowest BCUT2D eigenvalue weighted by molar-refractivity contribution is -0.122. The van der Waals surface area contributed by atoms with Gasteiger partial charge >= 0.3 is 0 Å². The van der Waals surface area contributed by atoms with Gasteiger partial charge in [-0.15, -0.1) is 0 Å². The molecule has 0 saturated carbocycles. The monoisotopic (exact) mass is 584 g/mol. The van der Waals surface area contributed by atoms with Crippen LogP contribution in [0.15, 0.2) is 70.4 Å². The van der Waals surface area contributed by atoms with Crippen LogP contribution in [0.4, 0.5) is 0 Å². The Morgan fingerprint density at radius 1 is 0.765 bits per heavy atom. The fraction of sp³-hybridized carbons (Fsp3) is 0.320. The first-order valence-electron chi connectivity index (χ1n) is 11.3. The zero-order valence-electron chi connectivity index (χ0n) is 19.1. The molecule has 0 fully saturated rings. The number of imidazole rings is 2. The van der Waals surface area contributed by atoms with E-state index in [-0.39, 0.29) is 5.78 Å². The number of aryl methyl sites for hydroxylation is 2. The van der Waals surface area contributed by atoms with E-state index < -0.39 is 11.8 Å². The van der Waals surface area contributed by atoms with Crippen molar-refractivity contribution in [3.05, 3.63) is 93.4 Å². The minimum atomic E-state index is -0.461. The van der Waals surface area contributed by atoms with E-state index in [0.717, 1.165) is 44.8 Å². The van der Waals surface area contributed by atoms with E-state index in [0.29, 0.717) is 13.1 Å². The molecule has 7 nitrogen and oxygen atoms in total. The molecule has 4 rings (SSSR count). The number of Topliss-reactive ketones (excluding diaryl/α,β-unsaturated/α-hetero) is 1. The van der Waals surface area contributed by atoms with E-state index in [1.807, 2.05) is 45.8 Å². The van der Waals surface area contributed by atoms with E-state index in [1.165, 1.54) is 0 Å². The van der Waals surface area contributed by atoms with Crippen LogP contribution >= 0.6 is 31.9 Å². The standard InChI is InChI=1S/C25H26Br2N6O/c1-3-23-28-9-11-32(23)15-19(21-7-5-17(26)13-30-21)25(34)20(22-8-6-18(27)14-31-22)16-33-12-10-29-24(33)4-2/h5-14,19-20H,3-4,15-16H2,1-2H3. The van der Waals surface area contributed by atoms with Crippen LogP contribution in [0.1, 0.15) is 48.7 Å². The quantitative estimate of drug-likeness (QED) is 0.250. The summed E-state index contributed by atoms with van der Waals surface area (Å²) in [5.41, 5.74) is 1.46. The number of rotatable bonds is 10. The molecule has 4 aromatic rings. The molecule has 34 heavy (non-hydrogen) atoms. The van der Waals surface area contributed by atoms with Crippen LogP contribution in [0.25, 0.3) is 0 Å². The number of hydrogen-bond donors (Lipinski definition) is 0. The maximum absolute atomic E-state index is 14.3. The molecule has 0 bridgehead atoms. The van der Waals surface area contributed by atoms with Gasteiger partial charge in [0.25, 0.3) is 0 Å². The maximum atomic E-state index is 14.3. The van der Waals surface area contributed by atoms with Crippen LogP contribution in [-0.4, -0.2) is 34.9 Å². The fourth-order valence-electron chi connectivity index (χ4n) is 4.12. The summed E-state index contributed by atoms with van der Waals surface area (Å²) >= 11 is 6.91. The highest BCUT2D eigenvalue weighted by atomic mass is 79.9. The average Bonchev–Trinajstić information content (AvgIpc) is 3.50. The normalized spacial score (nSPS) is 13.1. The van der Waals surface area contributed by atoms with Gasteiger partial charge in [-0.3, -0.25) is 14.8 Å². The van der Waals surface area contributed by atoms with Gasteiger partial charge in [0, 0.05) is 72.1 Å². The molecule has 2 atom stereocenters. The lowest BCUT2D eigenvalue weighted by atomic mass is 9.87. The van der Waals surface area contributed by atoms with Crippen molar-refractivity contribution in [2.24, 2.45) is 0 Å². The number of aromatic nitrogens is 6. The van der Waals surface area contributed by atoms with Gasteiger partial charge in [0.15, 0.2) is 5.78 Å². The van der Waals surface area contributed by atoms with Crippen LogP contribution in [0.3, 0.4) is 0 Å². The molecule has 0 N–H and O–H groups in total. The Balaban J connectivity index is 1.76.